The molecule has 2 fully saturated rings. The molecule has 0 bridgehead atoms. The highest BCUT2D eigenvalue weighted by atomic mass is 35.5. The summed E-state index contributed by atoms with van der Waals surface area (Å²) in [6, 6.07) is 3.73. The fraction of sp³-hybridized carbons (Fsp3) is 0.542. The maximum absolute atomic E-state index is 12.2. The van der Waals surface area contributed by atoms with E-state index in [0.29, 0.717) is 33.7 Å². The number of carbonyl (C=O) groups is 1. The average molecular weight is 522 g/mol. The maximum atomic E-state index is 12.2. The Morgan fingerprint density at radius 3 is 2.29 bits per heavy atom. The normalized spacial score (nSPS) is 21.1. The Kier molecular flexibility index (Phi) is 8.21. The number of aryl methyl sites for hydroxylation is 1. The first-order valence-electron chi connectivity index (χ1n) is 12.1. The Hall–Kier alpha value is -2.33. The predicted octanol–water partition coefficient (Wildman–Crippen LogP) is 3.66. The number of aromatic nitrogens is 2. The molecule has 1 saturated carbocycles. The quantitative estimate of drug-likeness (QED) is 0.435. The average Bonchev–Trinajstić information content (AvgIpc) is 2.81. The molecule has 1 aromatic carbocycles. The van der Waals surface area contributed by atoms with Crippen LogP contribution in [0.5, 0.6) is 0 Å². The zero-order chi connectivity index (χ0) is 25.1. The SMILES string of the molecule is CCc1nc(C(N)=O)c(Nc2cc(Cl)c(N3CCN(C)CC3)c(Cl)c2)nc1N[C@H]1CC[C@H](O)CC1. The van der Waals surface area contributed by atoms with Crippen molar-refractivity contribution in [3.63, 3.8) is 0 Å². The van der Waals surface area contributed by atoms with Crippen LogP contribution in [0.3, 0.4) is 0 Å². The van der Waals surface area contributed by atoms with Crippen LogP contribution in [0.2, 0.25) is 10.0 Å². The summed E-state index contributed by atoms with van der Waals surface area (Å²) >= 11 is 13.3. The van der Waals surface area contributed by atoms with Crippen LogP contribution in [0.4, 0.5) is 23.0 Å². The van der Waals surface area contributed by atoms with Gasteiger partial charge in [0.25, 0.3) is 5.91 Å². The second-order valence-electron chi connectivity index (χ2n) is 9.29. The molecule has 0 atom stereocenters. The first kappa shape index (κ1) is 25.8. The summed E-state index contributed by atoms with van der Waals surface area (Å²) in [6.07, 6.45) is 3.50. The number of anilines is 4. The van der Waals surface area contributed by atoms with Crippen molar-refractivity contribution in [2.45, 2.75) is 51.2 Å². The molecule has 1 aliphatic heterocycles. The van der Waals surface area contributed by atoms with Crippen molar-refractivity contribution < 1.29 is 9.90 Å². The second-order valence-corrected chi connectivity index (χ2v) is 10.1. The molecule has 4 rings (SSSR count). The number of halogens is 2. The number of likely N-dealkylation sites (N-methyl/N-ethyl adjacent to an activating group) is 1. The van der Waals surface area contributed by atoms with E-state index in [1.165, 1.54) is 0 Å². The molecule has 2 aromatic rings. The fourth-order valence-electron chi connectivity index (χ4n) is 4.61. The number of aliphatic hydroxyl groups excluding tert-OH is 1. The minimum Gasteiger partial charge on any atom is -0.393 e. The van der Waals surface area contributed by atoms with Gasteiger partial charge in [-0.25, -0.2) is 9.97 Å². The summed E-state index contributed by atoms with van der Waals surface area (Å²) in [7, 11) is 2.09. The number of nitrogens with one attached hydrogen (secondary N) is 2. The maximum Gasteiger partial charge on any atom is 0.271 e. The van der Waals surface area contributed by atoms with Crippen LogP contribution in [-0.2, 0) is 6.42 Å². The molecule has 9 nitrogen and oxygen atoms in total. The van der Waals surface area contributed by atoms with Gasteiger partial charge in [0, 0.05) is 37.9 Å². The van der Waals surface area contributed by atoms with Gasteiger partial charge in [-0.3, -0.25) is 4.79 Å². The van der Waals surface area contributed by atoms with Gasteiger partial charge in [0.1, 0.15) is 5.82 Å². The van der Waals surface area contributed by atoms with E-state index in [0.717, 1.165) is 57.5 Å². The first-order chi connectivity index (χ1) is 16.7. The van der Waals surface area contributed by atoms with Crippen LogP contribution in [0, 0.1) is 0 Å². The van der Waals surface area contributed by atoms with Crippen LogP contribution >= 0.6 is 23.2 Å². The zero-order valence-electron chi connectivity index (χ0n) is 20.2. The van der Waals surface area contributed by atoms with E-state index in [4.69, 9.17) is 33.9 Å². The van der Waals surface area contributed by atoms with Crippen LogP contribution in [-0.4, -0.2) is 71.3 Å². The number of benzene rings is 1. The van der Waals surface area contributed by atoms with Crippen molar-refractivity contribution in [3.05, 3.63) is 33.6 Å². The lowest BCUT2D eigenvalue weighted by molar-refractivity contribution is 0.0996. The Labute approximate surface area is 216 Å². The van der Waals surface area contributed by atoms with E-state index in [9.17, 15) is 9.90 Å². The Balaban J connectivity index is 1.61. The summed E-state index contributed by atoms with van der Waals surface area (Å²) < 4.78 is 0. The Morgan fingerprint density at radius 1 is 1.09 bits per heavy atom. The van der Waals surface area contributed by atoms with Crippen LogP contribution in [0.15, 0.2) is 12.1 Å². The van der Waals surface area contributed by atoms with Gasteiger partial charge in [-0.2, -0.15) is 0 Å². The van der Waals surface area contributed by atoms with Gasteiger partial charge in [0.05, 0.1) is 27.5 Å². The van der Waals surface area contributed by atoms with Gasteiger partial charge in [-0.15, -0.1) is 0 Å². The Morgan fingerprint density at radius 2 is 1.71 bits per heavy atom. The minimum atomic E-state index is -0.673. The standard InChI is InChI=1S/C24H33Cl2N7O2/c1-3-19-23(28-14-4-6-16(34)7-5-14)31-24(20(30-19)22(27)35)29-15-12-17(25)21(18(26)13-15)33-10-8-32(2)9-11-33/h12-14,16,34H,3-11H2,1-2H3,(H2,27,35)(H2,28,29,31)/t14-,16-. The van der Waals surface area contributed by atoms with Crippen LogP contribution in [0.1, 0.15) is 48.8 Å². The summed E-state index contributed by atoms with van der Waals surface area (Å²) in [5, 5.41) is 17.5. The molecule has 0 radical (unpaired) electrons. The molecule has 11 heteroatoms. The van der Waals surface area contributed by atoms with E-state index < -0.39 is 5.91 Å². The molecule has 0 spiro atoms. The van der Waals surface area contributed by atoms with Crippen molar-refractivity contribution in [2.24, 2.45) is 5.73 Å². The molecule has 1 saturated heterocycles. The first-order valence-corrected chi connectivity index (χ1v) is 12.9. The van der Waals surface area contributed by atoms with E-state index in [1.807, 2.05) is 6.92 Å². The molecule has 1 amide bonds. The number of amides is 1. The fourth-order valence-corrected chi connectivity index (χ4v) is 5.34. The largest absolute Gasteiger partial charge is 0.393 e. The number of carbonyl (C=O) groups excluding carboxylic acids is 1. The van der Waals surface area contributed by atoms with E-state index >= 15 is 0 Å². The number of rotatable bonds is 7. The second kappa shape index (κ2) is 11.2. The molecule has 190 valence electrons. The molecule has 2 aliphatic rings. The lowest BCUT2D eigenvalue weighted by Crippen LogP contribution is -2.44. The molecule has 5 N–H and O–H groups in total. The third-order valence-corrected chi connectivity index (χ3v) is 7.25. The number of primary amides is 1. The molecule has 1 aliphatic carbocycles. The third kappa shape index (κ3) is 6.09. The zero-order valence-corrected chi connectivity index (χ0v) is 21.7. The summed E-state index contributed by atoms with van der Waals surface area (Å²) in [4.78, 5) is 25.9. The number of nitrogens with two attached hydrogens (primary N) is 1. The Bertz CT molecular complexity index is 1050. The highest BCUT2D eigenvalue weighted by Gasteiger charge is 2.24. The van der Waals surface area contributed by atoms with E-state index in [2.05, 4.69) is 32.5 Å². The number of piperazine rings is 1. The van der Waals surface area contributed by atoms with Gasteiger partial charge in [-0.1, -0.05) is 30.1 Å². The smallest absolute Gasteiger partial charge is 0.271 e. The highest BCUT2D eigenvalue weighted by molar-refractivity contribution is 6.39. The summed E-state index contributed by atoms with van der Waals surface area (Å²) in [5.41, 5.74) is 7.75. The lowest BCUT2D eigenvalue weighted by atomic mass is 9.93. The molecule has 0 unspecified atom stereocenters. The lowest BCUT2D eigenvalue weighted by Gasteiger charge is -2.35. The topological polar surface area (TPSA) is 120 Å². The molecule has 35 heavy (non-hydrogen) atoms. The number of nitrogens with zero attached hydrogens (tertiary/aromatic N) is 4. The van der Waals surface area contributed by atoms with E-state index in [-0.39, 0.29) is 23.7 Å². The van der Waals surface area contributed by atoms with Gasteiger partial charge in [0.2, 0.25) is 0 Å². The van der Waals surface area contributed by atoms with Gasteiger partial charge >= 0.3 is 0 Å². The third-order valence-electron chi connectivity index (χ3n) is 6.67. The highest BCUT2D eigenvalue weighted by Crippen LogP contribution is 2.38. The van der Waals surface area contributed by atoms with Gasteiger partial charge in [0.15, 0.2) is 11.5 Å². The monoisotopic (exact) mass is 521 g/mol. The number of aliphatic hydroxyl groups is 1. The molecular formula is C24H33Cl2N7O2. The van der Waals surface area contributed by atoms with Crippen molar-refractivity contribution >= 4 is 52.1 Å². The summed E-state index contributed by atoms with van der Waals surface area (Å²) in [5.74, 6) is 0.174. The van der Waals surface area contributed by atoms with E-state index in [1.54, 1.807) is 12.1 Å². The van der Waals surface area contributed by atoms with Crippen molar-refractivity contribution in [3.8, 4) is 0 Å². The summed E-state index contributed by atoms with van der Waals surface area (Å²) in [6.45, 7) is 5.50. The predicted molar refractivity (Wildman–Crippen MR) is 141 cm³/mol. The van der Waals surface area contributed by atoms with Crippen LogP contribution in [0.25, 0.3) is 0 Å². The van der Waals surface area contributed by atoms with Crippen molar-refractivity contribution in [1.29, 1.82) is 0 Å². The minimum absolute atomic E-state index is 0.0573. The number of hydrogen-bond acceptors (Lipinski definition) is 8. The van der Waals surface area contributed by atoms with Crippen molar-refractivity contribution in [1.82, 2.24) is 14.9 Å². The van der Waals surface area contributed by atoms with Crippen molar-refractivity contribution in [2.75, 3.05) is 48.8 Å². The van der Waals surface area contributed by atoms with Crippen LogP contribution < -0.4 is 21.3 Å². The number of hydrogen-bond donors (Lipinski definition) is 4. The molecular weight excluding hydrogens is 489 g/mol. The molecule has 1 aromatic heterocycles. The molecule has 2 heterocycles. The van der Waals surface area contributed by atoms with Gasteiger partial charge < -0.3 is 31.3 Å². The van der Waals surface area contributed by atoms with Gasteiger partial charge in [-0.05, 0) is 51.3 Å².